The van der Waals surface area contributed by atoms with Gasteiger partial charge in [-0.05, 0) is 55.9 Å². The molecule has 1 heterocycles. The zero-order valence-electron chi connectivity index (χ0n) is 17.1. The lowest BCUT2D eigenvalue weighted by Gasteiger charge is -2.19. The standard InChI is InChI=1S/C17H15F2N.C5H13N.CH2O/c1-20-11-13(15-10-14(18)7-8-16(15)19)9-17(20)12-5-3-2-4-6-12;1-5(2)4-6-3;1-2/h2-10,17H,11H2,1H3;5-6H,4H2,1-3H3;1H2. The maximum absolute atomic E-state index is 13.9. The van der Waals surface area contributed by atoms with E-state index in [1.165, 1.54) is 12.1 Å². The molecule has 2 aromatic rings. The molecule has 1 N–H and O–H groups in total. The van der Waals surface area contributed by atoms with Gasteiger partial charge in [-0.25, -0.2) is 8.78 Å². The molecular weight excluding hydrogens is 358 g/mol. The van der Waals surface area contributed by atoms with Crippen LogP contribution in [0.2, 0.25) is 0 Å². The van der Waals surface area contributed by atoms with E-state index in [-0.39, 0.29) is 11.9 Å². The van der Waals surface area contributed by atoms with Crippen molar-refractivity contribution >= 4 is 12.4 Å². The molecule has 0 radical (unpaired) electrons. The number of nitrogens with zero attached hydrogens (tertiary/aromatic N) is 1. The Morgan fingerprint density at radius 3 is 2.32 bits per heavy atom. The van der Waals surface area contributed by atoms with Crippen molar-refractivity contribution in [3.8, 4) is 0 Å². The number of benzene rings is 2. The van der Waals surface area contributed by atoms with E-state index in [4.69, 9.17) is 4.79 Å². The number of hydrogen-bond donors (Lipinski definition) is 1. The van der Waals surface area contributed by atoms with Crippen molar-refractivity contribution in [1.82, 2.24) is 10.2 Å². The van der Waals surface area contributed by atoms with E-state index in [0.29, 0.717) is 12.1 Å². The predicted octanol–water partition coefficient (Wildman–Crippen LogP) is 4.71. The van der Waals surface area contributed by atoms with Gasteiger partial charge in [0.05, 0.1) is 6.04 Å². The molecule has 0 bridgehead atoms. The molecule has 5 heteroatoms. The SMILES string of the molecule is C=O.CN1CC(c2cc(F)ccc2F)=CC1c1ccccc1.CNCC(C)C. The lowest BCUT2D eigenvalue weighted by molar-refractivity contribution is -0.0979. The van der Waals surface area contributed by atoms with Gasteiger partial charge in [0.1, 0.15) is 18.4 Å². The van der Waals surface area contributed by atoms with Gasteiger partial charge in [0, 0.05) is 12.1 Å². The zero-order chi connectivity index (χ0) is 21.1. The Morgan fingerprint density at radius 2 is 1.79 bits per heavy atom. The summed E-state index contributed by atoms with van der Waals surface area (Å²) in [7, 11) is 3.96. The summed E-state index contributed by atoms with van der Waals surface area (Å²) in [6.07, 6.45) is 2.01. The van der Waals surface area contributed by atoms with E-state index in [2.05, 4.69) is 24.1 Å². The Balaban J connectivity index is 0.000000422. The highest BCUT2D eigenvalue weighted by Gasteiger charge is 2.25. The van der Waals surface area contributed by atoms with Gasteiger partial charge < -0.3 is 10.1 Å². The first kappa shape index (κ1) is 23.7. The van der Waals surface area contributed by atoms with Crippen LogP contribution in [0, 0.1) is 17.6 Å². The summed E-state index contributed by atoms with van der Waals surface area (Å²) in [5.74, 6) is 0.00266. The third-order valence-corrected chi connectivity index (χ3v) is 4.28. The largest absolute Gasteiger partial charge is 0.319 e. The number of hydrogen-bond acceptors (Lipinski definition) is 3. The van der Waals surface area contributed by atoms with Crippen LogP contribution in [-0.4, -0.2) is 38.9 Å². The first-order valence-corrected chi connectivity index (χ1v) is 9.27. The number of carbonyl (C=O) groups is 1. The van der Waals surface area contributed by atoms with Crippen molar-refractivity contribution in [3.05, 3.63) is 77.4 Å². The summed E-state index contributed by atoms with van der Waals surface area (Å²) in [6, 6.07) is 13.7. The highest BCUT2D eigenvalue weighted by molar-refractivity contribution is 5.70. The average Bonchev–Trinajstić information content (AvgIpc) is 3.08. The van der Waals surface area contributed by atoms with Crippen LogP contribution < -0.4 is 5.32 Å². The molecule has 2 aromatic carbocycles. The summed E-state index contributed by atoms with van der Waals surface area (Å²) < 4.78 is 27.2. The fraction of sp³-hybridized carbons (Fsp3) is 0.348. The Bertz CT molecular complexity index is 748. The molecule has 0 spiro atoms. The molecule has 0 aliphatic carbocycles. The van der Waals surface area contributed by atoms with E-state index in [9.17, 15) is 8.78 Å². The number of rotatable bonds is 4. The molecule has 0 amide bonds. The molecular formula is C23H30F2N2O. The van der Waals surface area contributed by atoms with Crippen molar-refractivity contribution in [2.24, 2.45) is 5.92 Å². The van der Waals surface area contributed by atoms with E-state index < -0.39 is 5.82 Å². The topological polar surface area (TPSA) is 32.3 Å². The molecule has 0 fully saturated rings. The minimum Gasteiger partial charge on any atom is -0.319 e. The molecule has 1 unspecified atom stereocenters. The van der Waals surface area contributed by atoms with E-state index in [1.54, 1.807) is 0 Å². The number of carbonyl (C=O) groups excluding carboxylic acids is 1. The predicted molar refractivity (Wildman–Crippen MR) is 112 cm³/mol. The van der Waals surface area contributed by atoms with Crippen LogP contribution in [-0.2, 0) is 4.79 Å². The highest BCUT2D eigenvalue weighted by Crippen LogP contribution is 2.34. The van der Waals surface area contributed by atoms with Crippen LogP contribution in [0.5, 0.6) is 0 Å². The smallest absolute Gasteiger partial charge is 0.130 e. The zero-order valence-corrected chi connectivity index (χ0v) is 17.1. The molecule has 1 atom stereocenters. The van der Waals surface area contributed by atoms with Crippen molar-refractivity contribution in [1.29, 1.82) is 0 Å². The molecule has 28 heavy (non-hydrogen) atoms. The maximum atomic E-state index is 13.9. The van der Waals surface area contributed by atoms with Gasteiger partial charge in [-0.1, -0.05) is 50.3 Å². The van der Waals surface area contributed by atoms with Crippen LogP contribution in [0.1, 0.15) is 31.0 Å². The second kappa shape index (κ2) is 12.2. The van der Waals surface area contributed by atoms with Gasteiger partial charge >= 0.3 is 0 Å². The third kappa shape index (κ3) is 6.98. The average molecular weight is 389 g/mol. The van der Waals surface area contributed by atoms with Gasteiger partial charge in [-0.15, -0.1) is 0 Å². The van der Waals surface area contributed by atoms with Crippen LogP contribution in [0.15, 0.2) is 54.6 Å². The molecule has 1 aliphatic heterocycles. The third-order valence-electron chi connectivity index (χ3n) is 4.28. The number of halogens is 2. The number of nitrogens with one attached hydrogen (secondary N) is 1. The first-order valence-electron chi connectivity index (χ1n) is 9.27. The molecule has 0 saturated heterocycles. The number of likely N-dealkylation sites (N-methyl/N-ethyl adjacent to an activating group) is 1. The lowest BCUT2D eigenvalue weighted by Crippen LogP contribution is -2.19. The van der Waals surface area contributed by atoms with Gasteiger partial charge in [-0.2, -0.15) is 0 Å². The quantitative estimate of drug-likeness (QED) is 0.823. The lowest BCUT2D eigenvalue weighted by atomic mass is 10.0. The maximum Gasteiger partial charge on any atom is 0.130 e. The van der Waals surface area contributed by atoms with Gasteiger partial charge in [-0.3, -0.25) is 4.90 Å². The highest BCUT2D eigenvalue weighted by atomic mass is 19.1. The summed E-state index contributed by atoms with van der Waals surface area (Å²) in [4.78, 5) is 10.1. The first-order chi connectivity index (χ1) is 13.4. The van der Waals surface area contributed by atoms with Crippen LogP contribution in [0.25, 0.3) is 5.57 Å². The van der Waals surface area contributed by atoms with Gasteiger partial charge in [0.15, 0.2) is 0 Å². The fourth-order valence-corrected chi connectivity index (χ4v) is 3.07. The molecule has 152 valence electrons. The van der Waals surface area contributed by atoms with Crippen molar-refractivity contribution in [2.75, 3.05) is 27.2 Å². The Morgan fingerprint density at radius 1 is 1.14 bits per heavy atom. The summed E-state index contributed by atoms with van der Waals surface area (Å²) >= 11 is 0. The van der Waals surface area contributed by atoms with E-state index >= 15 is 0 Å². The molecule has 3 nitrogen and oxygen atoms in total. The summed E-state index contributed by atoms with van der Waals surface area (Å²) in [6.45, 7) is 8.12. The molecule has 1 aliphatic rings. The molecule has 0 aromatic heterocycles. The van der Waals surface area contributed by atoms with Crippen molar-refractivity contribution in [2.45, 2.75) is 19.9 Å². The molecule has 0 saturated carbocycles. The Kier molecular flexibility index (Phi) is 10.3. The minimum absolute atomic E-state index is 0.105. The van der Waals surface area contributed by atoms with Crippen LogP contribution >= 0.6 is 0 Å². The van der Waals surface area contributed by atoms with Gasteiger partial charge in [0.2, 0.25) is 0 Å². The van der Waals surface area contributed by atoms with Crippen LogP contribution in [0.3, 0.4) is 0 Å². The van der Waals surface area contributed by atoms with Gasteiger partial charge in [0.25, 0.3) is 0 Å². The van der Waals surface area contributed by atoms with Crippen molar-refractivity contribution < 1.29 is 13.6 Å². The minimum atomic E-state index is -0.409. The second-order valence-electron chi connectivity index (χ2n) is 7.04. The Labute approximate surface area is 167 Å². The van der Waals surface area contributed by atoms with E-state index in [1.807, 2.05) is 57.3 Å². The van der Waals surface area contributed by atoms with E-state index in [0.717, 1.165) is 29.7 Å². The second-order valence-corrected chi connectivity index (χ2v) is 7.04. The summed E-state index contributed by atoms with van der Waals surface area (Å²) in [5.41, 5.74) is 2.34. The van der Waals surface area contributed by atoms with Crippen LogP contribution in [0.4, 0.5) is 8.78 Å². The molecule has 3 rings (SSSR count). The van der Waals surface area contributed by atoms with Crippen molar-refractivity contribution in [3.63, 3.8) is 0 Å². The monoisotopic (exact) mass is 388 g/mol. The summed E-state index contributed by atoms with van der Waals surface area (Å²) in [5, 5.41) is 3.07. The normalized spacial score (nSPS) is 16.0. The Hall–Kier alpha value is -2.37. The fourth-order valence-electron chi connectivity index (χ4n) is 3.07.